The van der Waals surface area contributed by atoms with Crippen molar-refractivity contribution in [1.82, 2.24) is 0 Å². The highest BCUT2D eigenvalue weighted by Gasteiger charge is 2.30. The van der Waals surface area contributed by atoms with Gasteiger partial charge in [-0.2, -0.15) is 0 Å². The molecule has 1 aromatic carbocycles. The summed E-state index contributed by atoms with van der Waals surface area (Å²) in [6, 6.07) is 8.29. The quantitative estimate of drug-likeness (QED) is 0.797. The lowest BCUT2D eigenvalue weighted by Crippen LogP contribution is -2.30. The Labute approximate surface area is 122 Å². The third kappa shape index (κ3) is 3.05. The van der Waals surface area contributed by atoms with Crippen LogP contribution in [-0.2, 0) is 11.2 Å². The van der Waals surface area contributed by atoms with Crippen LogP contribution in [0.4, 0.5) is 5.69 Å². The van der Waals surface area contributed by atoms with E-state index in [9.17, 15) is 4.79 Å². The number of hydrogen-bond acceptors (Lipinski definition) is 1. The van der Waals surface area contributed by atoms with Crippen LogP contribution in [0.3, 0.4) is 0 Å². The smallest absolute Gasteiger partial charge is 0.227 e. The highest BCUT2D eigenvalue weighted by Crippen LogP contribution is 2.34. The van der Waals surface area contributed by atoms with Crippen molar-refractivity contribution in [3.8, 4) is 0 Å². The summed E-state index contributed by atoms with van der Waals surface area (Å²) in [5.74, 6) is 1.13. The van der Waals surface area contributed by atoms with Gasteiger partial charge < -0.3 is 5.32 Å². The molecule has 1 aromatic rings. The minimum atomic E-state index is 0.237. The molecule has 2 nitrogen and oxygen atoms in total. The molecule has 0 bridgehead atoms. The van der Waals surface area contributed by atoms with Gasteiger partial charge in [0.05, 0.1) is 0 Å². The van der Waals surface area contributed by atoms with Gasteiger partial charge in [-0.25, -0.2) is 0 Å². The standard InChI is InChI=1S/C18H25NO/c20-18-16(14-8-2-1-3-9-14)12-6-4-10-15-11-5-7-13-17(15)19-18/h5,7,11,13-14,16H,1-4,6,8-10,12H2,(H,19,20). The van der Waals surface area contributed by atoms with Crippen LogP contribution in [0.15, 0.2) is 24.3 Å². The average Bonchev–Trinajstić information content (AvgIpc) is 2.56. The fraction of sp³-hybridized carbons (Fsp3) is 0.611. The number of aryl methyl sites for hydroxylation is 1. The molecule has 20 heavy (non-hydrogen) atoms. The number of para-hydroxylation sites is 1. The largest absolute Gasteiger partial charge is 0.326 e. The Hall–Kier alpha value is -1.31. The number of fused-ring (bicyclic) bond motifs is 1. The van der Waals surface area contributed by atoms with Crippen LogP contribution < -0.4 is 5.32 Å². The molecule has 0 aromatic heterocycles. The fourth-order valence-electron chi connectivity index (χ4n) is 3.88. The lowest BCUT2D eigenvalue weighted by molar-refractivity contribution is -0.122. The zero-order valence-corrected chi connectivity index (χ0v) is 12.2. The molecule has 1 fully saturated rings. The van der Waals surface area contributed by atoms with Gasteiger partial charge in [-0.15, -0.1) is 0 Å². The molecule has 1 heterocycles. The summed E-state index contributed by atoms with van der Waals surface area (Å²) in [5, 5.41) is 3.21. The average molecular weight is 271 g/mol. The second kappa shape index (κ2) is 6.43. The molecule has 0 saturated heterocycles. The van der Waals surface area contributed by atoms with Crippen LogP contribution in [0, 0.1) is 11.8 Å². The summed E-state index contributed by atoms with van der Waals surface area (Å²) in [4.78, 5) is 12.7. The molecule has 1 aliphatic heterocycles. The number of amides is 1. The highest BCUT2D eigenvalue weighted by molar-refractivity contribution is 5.93. The molecule has 1 saturated carbocycles. The number of anilines is 1. The van der Waals surface area contributed by atoms with Crippen LogP contribution in [-0.4, -0.2) is 5.91 Å². The second-order valence-corrected chi connectivity index (χ2v) is 6.40. The maximum absolute atomic E-state index is 12.7. The molecule has 2 heteroatoms. The van der Waals surface area contributed by atoms with Gasteiger partial charge >= 0.3 is 0 Å². The van der Waals surface area contributed by atoms with Gasteiger partial charge in [0.25, 0.3) is 0 Å². The molecule has 1 unspecified atom stereocenters. The third-order valence-electron chi connectivity index (χ3n) is 5.04. The van der Waals surface area contributed by atoms with Crippen LogP contribution in [0.2, 0.25) is 0 Å². The van der Waals surface area contributed by atoms with Crippen molar-refractivity contribution in [3.63, 3.8) is 0 Å². The Kier molecular flexibility index (Phi) is 4.39. The van der Waals surface area contributed by atoms with E-state index in [-0.39, 0.29) is 11.8 Å². The first-order valence-corrected chi connectivity index (χ1v) is 8.23. The maximum Gasteiger partial charge on any atom is 0.227 e. The van der Waals surface area contributed by atoms with Gasteiger partial charge in [0.15, 0.2) is 0 Å². The van der Waals surface area contributed by atoms with E-state index in [1.54, 1.807) is 0 Å². The first-order valence-electron chi connectivity index (χ1n) is 8.23. The van der Waals surface area contributed by atoms with E-state index in [1.165, 1.54) is 50.5 Å². The van der Waals surface area contributed by atoms with Gasteiger partial charge in [-0.1, -0.05) is 43.9 Å². The number of carbonyl (C=O) groups excluding carboxylic acids is 1. The molecule has 3 rings (SSSR count). The lowest BCUT2D eigenvalue weighted by Gasteiger charge is -2.29. The van der Waals surface area contributed by atoms with E-state index in [1.807, 2.05) is 6.07 Å². The predicted octanol–water partition coefficient (Wildman–Crippen LogP) is 4.55. The SMILES string of the molecule is O=C1Nc2ccccc2CCCCC1C1CCCCC1. The molecule has 1 N–H and O–H groups in total. The first kappa shape index (κ1) is 13.7. The molecule has 2 aliphatic rings. The molecule has 108 valence electrons. The number of nitrogens with one attached hydrogen (secondary N) is 1. The monoisotopic (exact) mass is 271 g/mol. The molecule has 0 radical (unpaired) electrons. The highest BCUT2D eigenvalue weighted by atomic mass is 16.1. The Bertz CT molecular complexity index is 462. The Morgan fingerprint density at radius 2 is 1.65 bits per heavy atom. The number of rotatable bonds is 1. The third-order valence-corrected chi connectivity index (χ3v) is 5.04. The van der Waals surface area contributed by atoms with E-state index >= 15 is 0 Å². The summed E-state index contributed by atoms with van der Waals surface area (Å²) in [5.41, 5.74) is 2.34. The van der Waals surface area contributed by atoms with E-state index in [0.717, 1.165) is 18.5 Å². The number of hydrogen-bond donors (Lipinski definition) is 1. The van der Waals surface area contributed by atoms with Crippen molar-refractivity contribution in [2.24, 2.45) is 11.8 Å². The van der Waals surface area contributed by atoms with Gasteiger partial charge in [0, 0.05) is 11.6 Å². The topological polar surface area (TPSA) is 29.1 Å². The normalized spacial score (nSPS) is 25.0. The molecular formula is C18H25NO. The minimum absolute atomic E-state index is 0.237. The number of carbonyl (C=O) groups is 1. The summed E-state index contributed by atoms with van der Waals surface area (Å²) in [7, 11) is 0. The fourth-order valence-corrected chi connectivity index (χ4v) is 3.88. The van der Waals surface area contributed by atoms with Crippen molar-refractivity contribution in [1.29, 1.82) is 0 Å². The molecule has 1 amide bonds. The van der Waals surface area contributed by atoms with Gasteiger partial charge in [-0.3, -0.25) is 4.79 Å². The molecule has 0 spiro atoms. The van der Waals surface area contributed by atoms with Gasteiger partial charge in [0.1, 0.15) is 0 Å². The van der Waals surface area contributed by atoms with Crippen LogP contribution >= 0.6 is 0 Å². The van der Waals surface area contributed by atoms with Crippen molar-refractivity contribution >= 4 is 11.6 Å². The first-order chi connectivity index (χ1) is 9.84. The summed E-state index contributed by atoms with van der Waals surface area (Å²) in [6.07, 6.45) is 11.0. The van der Waals surface area contributed by atoms with Gasteiger partial charge in [-0.05, 0) is 49.7 Å². The second-order valence-electron chi connectivity index (χ2n) is 6.40. The number of benzene rings is 1. The van der Waals surface area contributed by atoms with Crippen molar-refractivity contribution in [2.45, 2.75) is 57.8 Å². The maximum atomic E-state index is 12.7. The Morgan fingerprint density at radius 3 is 2.50 bits per heavy atom. The summed E-state index contributed by atoms with van der Waals surface area (Å²) >= 11 is 0. The van der Waals surface area contributed by atoms with Crippen molar-refractivity contribution < 1.29 is 4.79 Å². The van der Waals surface area contributed by atoms with Crippen LogP contribution in [0.25, 0.3) is 0 Å². The summed E-state index contributed by atoms with van der Waals surface area (Å²) < 4.78 is 0. The Morgan fingerprint density at radius 1 is 0.900 bits per heavy atom. The zero-order valence-electron chi connectivity index (χ0n) is 12.2. The van der Waals surface area contributed by atoms with Crippen LogP contribution in [0.5, 0.6) is 0 Å². The lowest BCUT2D eigenvalue weighted by atomic mass is 9.77. The van der Waals surface area contributed by atoms with Crippen molar-refractivity contribution in [2.75, 3.05) is 5.32 Å². The van der Waals surface area contributed by atoms with E-state index in [4.69, 9.17) is 0 Å². The van der Waals surface area contributed by atoms with E-state index in [2.05, 4.69) is 23.5 Å². The van der Waals surface area contributed by atoms with E-state index in [0.29, 0.717) is 5.92 Å². The van der Waals surface area contributed by atoms with Crippen molar-refractivity contribution in [3.05, 3.63) is 29.8 Å². The van der Waals surface area contributed by atoms with Crippen LogP contribution in [0.1, 0.15) is 56.9 Å². The molecule has 1 atom stereocenters. The minimum Gasteiger partial charge on any atom is -0.326 e. The Balaban J connectivity index is 1.78. The predicted molar refractivity (Wildman–Crippen MR) is 82.7 cm³/mol. The van der Waals surface area contributed by atoms with Gasteiger partial charge in [0.2, 0.25) is 5.91 Å². The summed E-state index contributed by atoms with van der Waals surface area (Å²) in [6.45, 7) is 0. The van der Waals surface area contributed by atoms with E-state index < -0.39 is 0 Å². The molecule has 1 aliphatic carbocycles. The zero-order chi connectivity index (χ0) is 13.8. The molecular weight excluding hydrogens is 246 g/mol.